The number of carbonyl (C=O) groups is 2. The second kappa shape index (κ2) is 11.8. The van der Waals surface area contributed by atoms with E-state index in [9.17, 15) is 14.0 Å². The molecule has 4 rings (SSSR count). The third-order valence-corrected chi connectivity index (χ3v) is 6.29. The third-order valence-electron chi connectivity index (χ3n) is 4.42. The summed E-state index contributed by atoms with van der Waals surface area (Å²) in [5.41, 5.74) is 0.584. The quantitative estimate of drug-likeness (QED) is 0.297. The minimum atomic E-state index is -0.395. The van der Waals surface area contributed by atoms with Gasteiger partial charge in [0, 0.05) is 22.3 Å². The van der Waals surface area contributed by atoms with Crippen LogP contribution in [-0.4, -0.2) is 43.9 Å². The zero-order chi connectivity index (χ0) is 24.6. The third kappa shape index (κ3) is 7.01. The van der Waals surface area contributed by atoms with Gasteiger partial charge in [-0.2, -0.15) is 0 Å². The topological polar surface area (TPSA) is 111 Å². The largest absolute Gasteiger partial charge is 0.484 e. The molecule has 0 bridgehead atoms. The normalized spacial score (nSPS) is 10.7. The molecule has 0 aliphatic carbocycles. The van der Waals surface area contributed by atoms with Gasteiger partial charge >= 0.3 is 0 Å². The van der Waals surface area contributed by atoms with Gasteiger partial charge in [-0.3, -0.25) is 14.2 Å². The highest BCUT2D eigenvalue weighted by Gasteiger charge is 2.17. The highest BCUT2D eigenvalue weighted by Crippen LogP contribution is 2.23. The van der Waals surface area contributed by atoms with E-state index in [1.165, 1.54) is 23.5 Å². The molecule has 180 valence electrons. The van der Waals surface area contributed by atoms with Gasteiger partial charge in [0.15, 0.2) is 22.7 Å². The van der Waals surface area contributed by atoms with Gasteiger partial charge in [0.2, 0.25) is 5.91 Å². The SMILES string of the molecule is O=C(COc1ccc(Cl)cc1)NCc1nnc(SCC(=O)Nc2nccs2)n1-c1ccc(F)cc1. The van der Waals surface area contributed by atoms with Crippen molar-refractivity contribution in [1.29, 1.82) is 0 Å². The number of hydrogen-bond acceptors (Lipinski definition) is 8. The first-order chi connectivity index (χ1) is 17.0. The minimum absolute atomic E-state index is 0.0407. The van der Waals surface area contributed by atoms with Gasteiger partial charge in [0.05, 0.1) is 12.3 Å². The summed E-state index contributed by atoms with van der Waals surface area (Å²) in [5, 5.41) is 17.0. The first-order valence-corrected chi connectivity index (χ1v) is 12.4. The fourth-order valence-corrected chi connectivity index (χ4v) is 4.28. The lowest BCUT2D eigenvalue weighted by molar-refractivity contribution is -0.123. The smallest absolute Gasteiger partial charge is 0.258 e. The fraction of sp³-hybridized carbons (Fsp3) is 0.136. The van der Waals surface area contributed by atoms with E-state index in [1.54, 1.807) is 52.5 Å². The monoisotopic (exact) mass is 532 g/mol. The first-order valence-electron chi connectivity index (χ1n) is 10.2. The van der Waals surface area contributed by atoms with E-state index in [1.807, 2.05) is 0 Å². The molecule has 0 saturated heterocycles. The van der Waals surface area contributed by atoms with Crippen molar-refractivity contribution in [2.24, 2.45) is 0 Å². The molecule has 13 heteroatoms. The van der Waals surface area contributed by atoms with E-state index in [2.05, 4.69) is 25.8 Å². The number of carbonyl (C=O) groups excluding carboxylic acids is 2. The maximum atomic E-state index is 13.5. The Labute approximate surface area is 212 Å². The fourth-order valence-electron chi connectivity index (χ4n) is 2.84. The van der Waals surface area contributed by atoms with Crippen LogP contribution in [0.4, 0.5) is 9.52 Å². The Morgan fingerprint density at radius 3 is 2.57 bits per heavy atom. The molecule has 2 N–H and O–H groups in total. The molecule has 9 nitrogen and oxygen atoms in total. The Bertz CT molecular complexity index is 1280. The van der Waals surface area contributed by atoms with Gasteiger partial charge in [-0.15, -0.1) is 21.5 Å². The number of ether oxygens (including phenoxy) is 1. The molecule has 2 amide bonds. The summed E-state index contributed by atoms with van der Waals surface area (Å²) in [5.74, 6) is -0.0558. The van der Waals surface area contributed by atoms with Gasteiger partial charge in [-0.25, -0.2) is 9.37 Å². The van der Waals surface area contributed by atoms with Crippen LogP contribution in [0.15, 0.2) is 65.3 Å². The van der Waals surface area contributed by atoms with Crippen molar-refractivity contribution in [2.75, 3.05) is 17.7 Å². The van der Waals surface area contributed by atoms with Gasteiger partial charge in [0.1, 0.15) is 11.6 Å². The second-order valence-electron chi connectivity index (χ2n) is 6.90. The molecule has 0 saturated carbocycles. The number of halogens is 2. The van der Waals surface area contributed by atoms with E-state index in [4.69, 9.17) is 16.3 Å². The van der Waals surface area contributed by atoms with E-state index >= 15 is 0 Å². The van der Waals surface area contributed by atoms with E-state index in [0.717, 1.165) is 11.8 Å². The molecule has 0 spiro atoms. The minimum Gasteiger partial charge on any atom is -0.484 e. The number of nitrogens with one attached hydrogen (secondary N) is 2. The molecule has 0 unspecified atom stereocenters. The van der Waals surface area contributed by atoms with Gasteiger partial charge in [-0.1, -0.05) is 23.4 Å². The summed E-state index contributed by atoms with van der Waals surface area (Å²) in [6, 6.07) is 12.4. The molecule has 2 aromatic heterocycles. The van der Waals surface area contributed by atoms with Crippen LogP contribution in [0.1, 0.15) is 5.82 Å². The Balaban J connectivity index is 1.41. The van der Waals surface area contributed by atoms with Crippen molar-refractivity contribution >= 4 is 51.6 Å². The van der Waals surface area contributed by atoms with Crippen molar-refractivity contribution in [3.05, 3.63) is 76.8 Å². The van der Waals surface area contributed by atoms with Crippen LogP contribution < -0.4 is 15.4 Å². The standard InChI is InChI=1S/C22H18ClFN6O3S2/c23-14-1-7-17(8-2-14)33-12-19(31)26-11-18-28-29-22(30(18)16-5-3-15(24)4-6-16)35-13-20(32)27-21-25-9-10-34-21/h1-10H,11-13H2,(H,26,31)(H,25,27,32). The van der Waals surface area contributed by atoms with E-state index < -0.39 is 5.82 Å². The zero-order valence-corrected chi connectivity index (χ0v) is 20.4. The summed E-state index contributed by atoms with van der Waals surface area (Å²) in [6.07, 6.45) is 1.60. The number of benzene rings is 2. The summed E-state index contributed by atoms with van der Waals surface area (Å²) >= 11 is 8.31. The van der Waals surface area contributed by atoms with Gasteiger partial charge in [0.25, 0.3) is 5.91 Å². The van der Waals surface area contributed by atoms with Crippen LogP contribution in [0.5, 0.6) is 5.75 Å². The molecule has 0 radical (unpaired) electrons. The molecule has 2 aromatic carbocycles. The molecule has 0 fully saturated rings. The molecule has 0 aliphatic heterocycles. The van der Waals surface area contributed by atoms with Crippen molar-refractivity contribution in [2.45, 2.75) is 11.7 Å². The number of thiazole rings is 1. The number of amides is 2. The van der Waals surface area contributed by atoms with Crippen LogP contribution >= 0.6 is 34.7 Å². The molecule has 35 heavy (non-hydrogen) atoms. The molecule has 0 aliphatic rings. The van der Waals surface area contributed by atoms with Crippen LogP contribution in [0.3, 0.4) is 0 Å². The lowest BCUT2D eigenvalue weighted by Crippen LogP contribution is -2.29. The molecule has 2 heterocycles. The summed E-state index contributed by atoms with van der Waals surface area (Å²) < 4.78 is 20.6. The molecular formula is C22H18ClFN6O3S2. The molecular weight excluding hydrogens is 515 g/mol. The highest BCUT2D eigenvalue weighted by molar-refractivity contribution is 7.99. The number of aromatic nitrogens is 4. The average Bonchev–Trinajstić information content (AvgIpc) is 3.51. The summed E-state index contributed by atoms with van der Waals surface area (Å²) in [7, 11) is 0. The maximum absolute atomic E-state index is 13.5. The summed E-state index contributed by atoms with van der Waals surface area (Å²) in [4.78, 5) is 28.6. The van der Waals surface area contributed by atoms with Crippen molar-refractivity contribution in [3.63, 3.8) is 0 Å². The lowest BCUT2D eigenvalue weighted by Gasteiger charge is -2.11. The van der Waals surface area contributed by atoms with Crippen LogP contribution in [0, 0.1) is 5.82 Å². The van der Waals surface area contributed by atoms with Crippen molar-refractivity contribution in [3.8, 4) is 11.4 Å². The van der Waals surface area contributed by atoms with Crippen LogP contribution in [0.2, 0.25) is 5.02 Å². The van der Waals surface area contributed by atoms with Gasteiger partial charge in [-0.05, 0) is 48.5 Å². The number of thioether (sulfide) groups is 1. The first kappa shape index (κ1) is 24.6. The van der Waals surface area contributed by atoms with Crippen LogP contribution in [-0.2, 0) is 16.1 Å². The average molecular weight is 533 g/mol. The Morgan fingerprint density at radius 1 is 1.09 bits per heavy atom. The maximum Gasteiger partial charge on any atom is 0.258 e. The zero-order valence-electron chi connectivity index (χ0n) is 18.0. The molecule has 4 aromatic rings. The second-order valence-corrected chi connectivity index (χ2v) is 9.18. The van der Waals surface area contributed by atoms with Gasteiger partial charge < -0.3 is 15.4 Å². The van der Waals surface area contributed by atoms with E-state index in [0.29, 0.717) is 32.6 Å². The number of rotatable bonds is 10. The Kier molecular flexibility index (Phi) is 8.29. The van der Waals surface area contributed by atoms with E-state index in [-0.39, 0.29) is 30.7 Å². The Morgan fingerprint density at radius 2 is 1.86 bits per heavy atom. The summed E-state index contributed by atoms with van der Waals surface area (Å²) in [6.45, 7) is -0.163. The predicted octanol–water partition coefficient (Wildman–Crippen LogP) is 3.94. The highest BCUT2D eigenvalue weighted by atomic mass is 35.5. The Hall–Kier alpha value is -3.48. The predicted molar refractivity (Wildman–Crippen MR) is 132 cm³/mol. The van der Waals surface area contributed by atoms with Crippen molar-refractivity contribution < 1.29 is 18.7 Å². The number of anilines is 1. The molecule has 0 atom stereocenters. The number of nitrogens with zero attached hydrogens (tertiary/aromatic N) is 4. The van der Waals surface area contributed by atoms with Crippen molar-refractivity contribution in [1.82, 2.24) is 25.1 Å². The van der Waals surface area contributed by atoms with Crippen LogP contribution in [0.25, 0.3) is 5.69 Å². The lowest BCUT2D eigenvalue weighted by atomic mass is 10.3. The number of hydrogen-bond donors (Lipinski definition) is 2.